The van der Waals surface area contributed by atoms with Gasteiger partial charge in [-0.25, -0.2) is 0 Å². The van der Waals surface area contributed by atoms with Crippen molar-refractivity contribution in [3.63, 3.8) is 0 Å². The molecule has 1 amide bonds. The highest BCUT2D eigenvalue weighted by molar-refractivity contribution is 5.91. The third-order valence-electron chi connectivity index (χ3n) is 1.29. The average Bonchev–Trinajstić information content (AvgIpc) is 1.87. The van der Waals surface area contributed by atoms with Crippen molar-refractivity contribution in [1.29, 1.82) is 0 Å². The summed E-state index contributed by atoms with van der Waals surface area (Å²) in [7, 11) is 0. The van der Waals surface area contributed by atoms with Crippen molar-refractivity contribution >= 4 is 5.91 Å². The molecule has 10 heavy (non-hydrogen) atoms. The highest BCUT2D eigenvalue weighted by atomic mass is 16.3. The SMILES string of the molecule is CCCC(O)=C(C)C(N)=O. The zero-order valence-corrected chi connectivity index (χ0v) is 6.35. The van der Waals surface area contributed by atoms with Crippen molar-refractivity contribution in [3.8, 4) is 0 Å². The number of hydrogen-bond acceptors (Lipinski definition) is 2. The van der Waals surface area contributed by atoms with E-state index in [1.54, 1.807) is 0 Å². The second kappa shape index (κ2) is 3.93. The fraction of sp³-hybridized carbons (Fsp3) is 0.571. The summed E-state index contributed by atoms with van der Waals surface area (Å²) in [6.45, 7) is 3.44. The molecule has 0 fully saturated rings. The first-order valence-corrected chi connectivity index (χ1v) is 3.28. The van der Waals surface area contributed by atoms with E-state index in [0.717, 1.165) is 6.42 Å². The normalized spacial score (nSPS) is 12.6. The van der Waals surface area contributed by atoms with Gasteiger partial charge >= 0.3 is 0 Å². The van der Waals surface area contributed by atoms with Crippen LogP contribution in [0.2, 0.25) is 0 Å². The fourth-order valence-corrected chi connectivity index (χ4v) is 0.567. The van der Waals surface area contributed by atoms with Crippen LogP contribution in [0.5, 0.6) is 0 Å². The topological polar surface area (TPSA) is 63.3 Å². The largest absolute Gasteiger partial charge is 0.512 e. The summed E-state index contributed by atoms with van der Waals surface area (Å²) in [5, 5.41) is 9.07. The molecular weight excluding hydrogens is 130 g/mol. The van der Waals surface area contributed by atoms with Crippen LogP contribution in [-0.4, -0.2) is 11.0 Å². The number of aliphatic hydroxyl groups excluding tert-OH is 1. The molecule has 0 radical (unpaired) electrons. The van der Waals surface area contributed by atoms with Gasteiger partial charge in [0.05, 0.1) is 5.57 Å². The van der Waals surface area contributed by atoms with E-state index >= 15 is 0 Å². The quantitative estimate of drug-likeness (QED) is 0.459. The maximum Gasteiger partial charge on any atom is 0.247 e. The molecule has 3 nitrogen and oxygen atoms in total. The van der Waals surface area contributed by atoms with Gasteiger partial charge in [0.1, 0.15) is 5.76 Å². The lowest BCUT2D eigenvalue weighted by atomic mass is 10.2. The van der Waals surface area contributed by atoms with Gasteiger partial charge in [-0.2, -0.15) is 0 Å². The molecule has 0 spiro atoms. The Balaban J connectivity index is 4.19. The summed E-state index contributed by atoms with van der Waals surface area (Å²) in [6.07, 6.45) is 1.34. The molecule has 0 aliphatic rings. The van der Waals surface area contributed by atoms with Crippen molar-refractivity contribution in [1.82, 2.24) is 0 Å². The highest BCUT2D eigenvalue weighted by Crippen LogP contribution is 2.05. The minimum absolute atomic E-state index is 0.106. The molecule has 0 saturated heterocycles. The Morgan fingerprint density at radius 1 is 1.60 bits per heavy atom. The molecule has 0 bridgehead atoms. The second-order valence-electron chi connectivity index (χ2n) is 2.19. The molecule has 0 saturated carbocycles. The Morgan fingerprint density at radius 3 is 2.40 bits per heavy atom. The molecule has 0 unspecified atom stereocenters. The number of aliphatic hydroxyl groups is 1. The van der Waals surface area contributed by atoms with Gasteiger partial charge in [-0.05, 0) is 13.3 Å². The number of nitrogens with two attached hydrogens (primary N) is 1. The summed E-state index contributed by atoms with van der Waals surface area (Å²) in [5.74, 6) is -0.444. The molecule has 58 valence electrons. The summed E-state index contributed by atoms with van der Waals surface area (Å²) < 4.78 is 0. The molecule has 0 rings (SSSR count). The number of rotatable bonds is 3. The summed E-state index contributed by atoms with van der Waals surface area (Å²) in [6, 6.07) is 0. The zero-order valence-electron chi connectivity index (χ0n) is 6.35. The van der Waals surface area contributed by atoms with Gasteiger partial charge < -0.3 is 10.8 Å². The van der Waals surface area contributed by atoms with E-state index in [2.05, 4.69) is 0 Å². The van der Waals surface area contributed by atoms with E-state index in [-0.39, 0.29) is 11.3 Å². The summed E-state index contributed by atoms with van der Waals surface area (Å²) >= 11 is 0. The molecule has 0 aromatic carbocycles. The Labute approximate surface area is 60.5 Å². The predicted molar refractivity (Wildman–Crippen MR) is 39.4 cm³/mol. The van der Waals surface area contributed by atoms with Crippen molar-refractivity contribution in [2.45, 2.75) is 26.7 Å². The number of carbonyl (C=O) groups is 1. The van der Waals surface area contributed by atoms with Gasteiger partial charge in [-0.15, -0.1) is 0 Å². The smallest absolute Gasteiger partial charge is 0.247 e. The standard InChI is InChI=1S/C7H13NO2/c1-3-4-6(9)5(2)7(8)10/h9H,3-4H2,1-2H3,(H2,8,10). The van der Waals surface area contributed by atoms with Crippen LogP contribution >= 0.6 is 0 Å². The van der Waals surface area contributed by atoms with Crippen LogP contribution in [0.3, 0.4) is 0 Å². The molecule has 0 aliphatic carbocycles. The van der Waals surface area contributed by atoms with Crippen LogP contribution in [-0.2, 0) is 4.79 Å². The molecule has 0 aliphatic heterocycles. The van der Waals surface area contributed by atoms with Gasteiger partial charge in [0.15, 0.2) is 0 Å². The van der Waals surface area contributed by atoms with Crippen molar-refractivity contribution in [2.24, 2.45) is 5.73 Å². The number of carbonyl (C=O) groups excluding carboxylic acids is 1. The minimum atomic E-state index is -0.550. The lowest BCUT2D eigenvalue weighted by molar-refractivity contribution is -0.114. The molecule has 3 N–H and O–H groups in total. The van der Waals surface area contributed by atoms with E-state index in [9.17, 15) is 4.79 Å². The summed E-state index contributed by atoms with van der Waals surface area (Å²) in [5.41, 5.74) is 5.18. The van der Waals surface area contributed by atoms with Gasteiger partial charge in [-0.1, -0.05) is 6.92 Å². The Morgan fingerprint density at radius 2 is 2.10 bits per heavy atom. The van der Waals surface area contributed by atoms with E-state index in [4.69, 9.17) is 10.8 Å². The van der Waals surface area contributed by atoms with E-state index in [0.29, 0.717) is 6.42 Å². The second-order valence-corrected chi connectivity index (χ2v) is 2.19. The number of amides is 1. The monoisotopic (exact) mass is 143 g/mol. The number of hydrogen-bond donors (Lipinski definition) is 2. The highest BCUT2D eigenvalue weighted by Gasteiger charge is 2.03. The number of allylic oxidation sites excluding steroid dienone is 1. The first-order chi connectivity index (χ1) is 4.59. The van der Waals surface area contributed by atoms with Crippen molar-refractivity contribution in [2.75, 3.05) is 0 Å². The van der Waals surface area contributed by atoms with Crippen LogP contribution in [0, 0.1) is 0 Å². The van der Waals surface area contributed by atoms with Gasteiger partial charge in [0, 0.05) is 6.42 Å². The van der Waals surface area contributed by atoms with Crippen LogP contribution < -0.4 is 5.73 Å². The van der Waals surface area contributed by atoms with E-state index in [1.807, 2.05) is 6.92 Å². The molecule has 0 heterocycles. The Kier molecular flexibility index (Phi) is 3.54. The lowest BCUT2D eigenvalue weighted by Crippen LogP contribution is -2.13. The lowest BCUT2D eigenvalue weighted by Gasteiger charge is -1.99. The van der Waals surface area contributed by atoms with Crippen LogP contribution in [0.4, 0.5) is 0 Å². The molecule has 0 atom stereocenters. The third kappa shape index (κ3) is 2.53. The summed E-state index contributed by atoms with van der Waals surface area (Å²) in [4.78, 5) is 10.4. The van der Waals surface area contributed by atoms with E-state index < -0.39 is 5.91 Å². The zero-order chi connectivity index (χ0) is 8.15. The molecular formula is C7H13NO2. The van der Waals surface area contributed by atoms with Gasteiger partial charge in [0.2, 0.25) is 5.91 Å². The van der Waals surface area contributed by atoms with Crippen molar-refractivity contribution in [3.05, 3.63) is 11.3 Å². The molecule has 0 aromatic rings. The number of primary amides is 1. The molecule has 0 aromatic heterocycles. The van der Waals surface area contributed by atoms with E-state index in [1.165, 1.54) is 6.92 Å². The van der Waals surface area contributed by atoms with Crippen LogP contribution in [0.25, 0.3) is 0 Å². The maximum absolute atomic E-state index is 10.4. The maximum atomic E-state index is 10.4. The van der Waals surface area contributed by atoms with Gasteiger partial charge in [-0.3, -0.25) is 4.79 Å². The predicted octanol–water partition coefficient (Wildman–Crippen LogP) is 1.10. The average molecular weight is 143 g/mol. The van der Waals surface area contributed by atoms with Gasteiger partial charge in [0.25, 0.3) is 0 Å². The van der Waals surface area contributed by atoms with Crippen LogP contribution in [0.1, 0.15) is 26.7 Å². The Bertz CT molecular complexity index is 161. The Hall–Kier alpha value is -0.990. The van der Waals surface area contributed by atoms with Crippen LogP contribution in [0.15, 0.2) is 11.3 Å². The van der Waals surface area contributed by atoms with Crippen molar-refractivity contribution < 1.29 is 9.90 Å². The minimum Gasteiger partial charge on any atom is -0.512 e. The fourth-order valence-electron chi connectivity index (χ4n) is 0.567. The third-order valence-corrected chi connectivity index (χ3v) is 1.29. The molecule has 3 heteroatoms. The first kappa shape index (κ1) is 9.01. The first-order valence-electron chi connectivity index (χ1n) is 3.28.